The molecule has 3 amide bonds. The van der Waals surface area contributed by atoms with Crippen LogP contribution in [0.1, 0.15) is 56.8 Å². The van der Waals surface area contributed by atoms with E-state index in [4.69, 9.17) is 0 Å². The second-order valence-electron chi connectivity index (χ2n) is 7.09. The van der Waals surface area contributed by atoms with Gasteiger partial charge in [-0.1, -0.05) is 38.8 Å². The molecule has 1 heterocycles. The van der Waals surface area contributed by atoms with Gasteiger partial charge < -0.3 is 4.90 Å². The van der Waals surface area contributed by atoms with E-state index in [1.54, 1.807) is 25.2 Å². The molecule has 0 saturated carbocycles. The maximum Gasteiger partial charge on any atom is 0.327 e. The molecule has 1 atom stereocenters. The van der Waals surface area contributed by atoms with Crippen molar-refractivity contribution in [2.24, 2.45) is 5.92 Å². The van der Waals surface area contributed by atoms with Gasteiger partial charge in [-0.25, -0.2) is 4.79 Å². The summed E-state index contributed by atoms with van der Waals surface area (Å²) >= 11 is 2.14. The first-order chi connectivity index (χ1) is 12.3. The Bertz CT molecular complexity index is 700. The zero-order chi connectivity index (χ0) is 19.5. The normalized spacial score (nSPS) is 20.4. The van der Waals surface area contributed by atoms with Crippen molar-refractivity contribution >= 4 is 40.3 Å². The molecule has 1 aromatic rings. The van der Waals surface area contributed by atoms with Crippen LogP contribution in [0.5, 0.6) is 0 Å². The van der Waals surface area contributed by atoms with Crippen molar-refractivity contribution in [3.63, 3.8) is 0 Å². The van der Waals surface area contributed by atoms with Crippen LogP contribution in [0.2, 0.25) is 0 Å². The van der Waals surface area contributed by atoms with Crippen LogP contribution in [-0.4, -0.2) is 46.7 Å². The van der Waals surface area contributed by atoms with E-state index in [0.29, 0.717) is 5.56 Å². The Labute approximate surface area is 169 Å². The van der Waals surface area contributed by atoms with E-state index in [0.717, 1.165) is 34.2 Å². The third-order valence-electron chi connectivity index (χ3n) is 5.41. The first-order valence-electron chi connectivity index (χ1n) is 9.15. The fraction of sp³-hybridized carbons (Fsp3) is 0.550. The van der Waals surface area contributed by atoms with Crippen molar-refractivity contribution in [2.75, 3.05) is 13.6 Å². The molecule has 1 aliphatic rings. The van der Waals surface area contributed by atoms with Gasteiger partial charge in [0.2, 0.25) is 0 Å². The molecule has 5 nitrogen and oxygen atoms in total. The number of Topliss-reactive ketones (excluding diaryl/α,β-unsaturated/α-hetero) is 1. The lowest BCUT2D eigenvalue weighted by molar-refractivity contribution is -0.134. The Morgan fingerprint density at radius 2 is 1.81 bits per heavy atom. The lowest BCUT2D eigenvalue weighted by Crippen LogP contribution is -2.51. The molecule has 0 aromatic heterocycles. The minimum absolute atomic E-state index is 0.0942. The number of halogens is 1. The fourth-order valence-electron chi connectivity index (χ4n) is 3.77. The van der Waals surface area contributed by atoms with Crippen LogP contribution in [0.15, 0.2) is 24.3 Å². The Kier molecular flexibility index (Phi) is 6.82. The summed E-state index contributed by atoms with van der Waals surface area (Å²) in [5, 5.41) is 0. The van der Waals surface area contributed by atoms with Crippen molar-refractivity contribution in [3.8, 4) is 0 Å². The Morgan fingerprint density at radius 3 is 2.35 bits per heavy atom. The van der Waals surface area contributed by atoms with Gasteiger partial charge in [0.1, 0.15) is 5.54 Å². The zero-order valence-corrected chi connectivity index (χ0v) is 18.1. The molecule has 1 fully saturated rings. The molecular formula is C20H27IN2O3. The summed E-state index contributed by atoms with van der Waals surface area (Å²) in [6, 6.07) is 6.81. The van der Waals surface area contributed by atoms with Gasteiger partial charge in [0.15, 0.2) is 5.78 Å². The van der Waals surface area contributed by atoms with E-state index in [2.05, 4.69) is 36.4 Å². The van der Waals surface area contributed by atoms with Crippen molar-refractivity contribution in [3.05, 3.63) is 33.4 Å². The lowest BCUT2D eigenvalue weighted by atomic mass is 9.78. The summed E-state index contributed by atoms with van der Waals surface area (Å²) in [4.78, 5) is 41.2. The lowest BCUT2D eigenvalue weighted by Gasteiger charge is -2.36. The topological polar surface area (TPSA) is 57.7 Å². The highest BCUT2D eigenvalue weighted by Crippen LogP contribution is 2.38. The van der Waals surface area contributed by atoms with Gasteiger partial charge in [0, 0.05) is 16.2 Å². The number of imide groups is 1. The summed E-state index contributed by atoms with van der Waals surface area (Å²) in [5.41, 5.74) is -0.360. The predicted molar refractivity (Wildman–Crippen MR) is 110 cm³/mol. The number of rotatable bonds is 8. The molecule has 6 heteroatoms. The number of carbonyl (C=O) groups excluding carboxylic acids is 3. The molecule has 1 saturated heterocycles. The molecule has 142 valence electrons. The monoisotopic (exact) mass is 470 g/mol. The molecular weight excluding hydrogens is 443 g/mol. The van der Waals surface area contributed by atoms with Gasteiger partial charge in [-0.3, -0.25) is 14.5 Å². The SMILES string of the molecule is CCCC(CCC)C1(C)C(=O)N(CC(=O)c2cccc(I)c2)C(=O)N1C. The summed E-state index contributed by atoms with van der Waals surface area (Å²) < 4.78 is 0.945. The highest BCUT2D eigenvalue weighted by molar-refractivity contribution is 14.1. The van der Waals surface area contributed by atoms with Gasteiger partial charge >= 0.3 is 6.03 Å². The number of ketones is 1. The molecule has 1 aromatic carbocycles. The first kappa shape index (κ1) is 20.9. The Morgan fingerprint density at radius 1 is 1.19 bits per heavy atom. The molecule has 0 spiro atoms. The fourth-order valence-corrected chi connectivity index (χ4v) is 4.31. The van der Waals surface area contributed by atoms with Crippen LogP contribution in [0.4, 0.5) is 4.79 Å². The number of hydrogen-bond donors (Lipinski definition) is 0. The second-order valence-corrected chi connectivity index (χ2v) is 8.33. The van der Waals surface area contributed by atoms with Gasteiger partial charge in [-0.15, -0.1) is 0 Å². The molecule has 0 N–H and O–H groups in total. The average Bonchev–Trinajstić information content (AvgIpc) is 2.77. The van der Waals surface area contributed by atoms with Gasteiger partial charge in [0.25, 0.3) is 5.91 Å². The van der Waals surface area contributed by atoms with Crippen LogP contribution < -0.4 is 0 Å². The number of urea groups is 1. The third kappa shape index (κ3) is 3.80. The number of hydrogen-bond acceptors (Lipinski definition) is 3. The average molecular weight is 470 g/mol. The van der Waals surface area contributed by atoms with Crippen LogP contribution in [0.25, 0.3) is 0 Å². The quantitative estimate of drug-likeness (QED) is 0.323. The van der Waals surface area contributed by atoms with Crippen LogP contribution in [0.3, 0.4) is 0 Å². The predicted octanol–water partition coefficient (Wildman–Crippen LogP) is 4.34. The highest BCUT2D eigenvalue weighted by Gasteiger charge is 2.56. The maximum absolute atomic E-state index is 13.2. The number of carbonyl (C=O) groups is 3. The van der Waals surface area contributed by atoms with E-state index >= 15 is 0 Å². The van der Waals surface area contributed by atoms with Crippen LogP contribution >= 0.6 is 22.6 Å². The number of nitrogens with zero attached hydrogens (tertiary/aromatic N) is 2. The van der Waals surface area contributed by atoms with E-state index < -0.39 is 5.54 Å². The zero-order valence-electron chi connectivity index (χ0n) is 15.9. The Balaban J connectivity index is 2.27. The molecule has 0 aliphatic carbocycles. The van der Waals surface area contributed by atoms with E-state index in [9.17, 15) is 14.4 Å². The van der Waals surface area contributed by atoms with Crippen molar-refractivity contribution in [2.45, 2.75) is 52.0 Å². The third-order valence-corrected chi connectivity index (χ3v) is 6.08. The van der Waals surface area contributed by atoms with E-state index in [-0.39, 0.29) is 30.2 Å². The minimum Gasteiger partial charge on any atom is -0.313 e. The summed E-state index contributed by atoms with van der Waals surface area (Å²) in [5.74, 6) is -0.377. The molecule has 2 rings (SSSR count). The Hall–Kier alpha value is -1.44. The molecule has 0 bridgehead atoms. The van der Waals surface area contributed by atoms with E-state index in [1.165, 1.54) is 4.90 Å². The smallest absolute Gasteiger partial charge is 0.313 e. The molecule has 0 radical (unpaired) electrons. The summed E-state index contributed by atoms with van der Waals surface area (Å²) in [7, 11) is 1.68. The summed E-state index contributed by atoms with van der Waals surface area (Å²) in [6.07, 6.45) is 3.67. The molecule has 1 unspecified atom stereocenters. The minimum atomic E-state index is -0.880. The van der Waals surface area contributed by atoms with Crippen LogP contribution in [0, 0.1) is 9.49 Å². The maximum atomic E-state index is 13.2. The number of likely N-dealkylation sites (N-methyl/N-ethyl adjacent to an activating group) is 1. The van der Waals surface area contributed by atoms with Gasteiger partial charge in [-0.05, 0) is 60.4 Å². The number of amides is 3. The first-order valence-corrected chi connectivity index (χ1v) is 10.2. The van der Waals surface area contributed by atoms with Gasteiger partial charge in [-0.2, -0.15) is 0 Å². The standard InChI is InChI=1S/C20H27IN2O3/c1-5-8-15(9-6-2)20(3)18(25)23(19(26)22(20)4)13-17(24)14-10-7-11-16(21)12-14/h7,10-12,15H,5-6,8-9,13H2,1-4H3. The highest BCUT2D eigenvalue weighted by atomic mass is 127. The second kappa shape index (κ2) is 8.50. The van der Waals surface area contributed by atoms with Gasteiger partial charge in [0.05, 0.1) is 6.54 Å². The van der Waals surface area contributed by atoms with Crippen molar-refractivity contribution in [1.82, 2.24) is 9.80 Å². The number of benzene rings is 1. The molecule has 1 aliphatic heterocycles. The largest absolute Gasteiger partial charge is 0.327 e. The van der Waals surface area contributed by atoms with Crippen LogP contribution in [-0.2, 0) is 4.79 Å². The van der Waals surface area contributed by atoms with Crippen molar-refractivity contribution < 1.29 is 14.4 Å². The summed E-state index contributed by atoms with van der Waals surface area (Å²) in [6.45, 7) is 5.82. The molecule has 26 heavy (non-hydrogen) atoms. The van der Waals surface area contributed by atoms with E-state index in [1.807, 2.05) is 13.0 Å². The van der Waals surface area contributed by atoms with Crippen molar-refractivity contribution in [1.29, 1.82) is 0 Å².